The second-order valence-corrected chi connectivity index (χ2v) is 7.89. The second kappa shape index (κ2) is 11.2. The third-order valence-corrected chi connectivity index (χ3v) is 5.49. The fraction of sp³-hybridized carbons (Fsp3) is 0.789. The van der Waals surface area contributed by atoms with E-state index in [2.05, 4.69) is 10.6 Å². The molecule has 0 spiro atoms. The lowest BCUT2D eigenvalue weighted by molar-refractivity contribution is -0.146. The van der Waals surface area contributed by atoms with Crippen LogP contribution in [0.1, 0.15) is 47.0 Å². The van der Waals surface area contributed by atoms with Crippen molar-refractivity contribution < 1.29 is 34.5 Å². The molecule has 7 atom stereocenters. The molecule has 0 aromatic carbocycles. The lowest BCUT2D eigenvalue weighted by atomic mass is 9.98. The van der Waals surface area contributed by atoms with E-state index in [0.717, 1.165) is 0 Å². The summed E-state index contributed by atoms with van der Waals surface area (Å²) in [7, 11) is 0. The number of aliphatic hydroxyl groups excluding tert-OH is 2. The highest BCUT2D eigenvalue weighted by atomic mass is 16.4. The molecule has 3 amide bonds. The summed E-state index contributed by atoms with van der Waals surface area (Å²) in [6.45, 7) is 6.57. The number of hydrogen-bond donors (Lipinski definition) is 6. The molecule has 1 aliphatic rings. The Kier molecular flexibility index (Phi) is 9.66. The Morgan fingerprint density at radius 2 is 1.63 bits per heavy atom. The van der Waals surface area contributed by atoms with Gasteiger partial charge in [0, 0.05) is 6.54 Å². The van der Waals surface area contributed by atoms with E-state index in [4.69, 9.17) is 10.8 Å². The fourth-order valence-corrected chi connectivity index (χ4v) is 3.28. The van der Waals surface area contributed by atoms with Crippen molar-refractivity contribution >= 4 is 23.7 Å². The summed E-state index contributed by atoms with van der Waals surface area (Å²) < 4.78 is 0. The van der Waals surface area contributed by atoms with Crippen molar-refractivity contribution in [1.29, 1.82) is 0 Å². The quantitative estimate of drug-likeness (QED) is 0.234. The number of nitrogens with zero attached hydrogens (tertiary/aromatic N) is 1. The van der Waals surface area contributed by atoms with Crippen molar-refractivity contribution in [2.45, 2.75) is 83.3 Å². The van der Waals surface area contributed by atoms with Crippen LogP contribution in [0.15, 0.2) is 0 Å². The maximum Gasteiger partial charge on any atom is 0.328 e. The number of nitrogens with two attached hydrogens (primary N) is 1. The molecule has 1 heterocycles. The van der Waals surface area contributed by atoms with E-state index in [-0.39, 0.29) is 11.8 Å². The van der Waals surface area contributed by atoms with Crippen LogP contribution in [0.5, 0.6) is 0 Å². The summed E-state index contributed by atoms with van der Waals surface area (Å²) in [5.74, 6) is -3.46. The third kappa shape index (κ3) is 6.38. The highest BCUT2D eigenvalue weighted by Gasteiger charge is 2.39. The number of carbonyl (C=O) groups excluding carboxylic acids is 3. The average molecular weight is 431 g/mol. The first-order chi connectivity index (χ1) is 13.9. The Balaban J connectivity index is 2.90. The van der Waals surface area contributed by atoms with E-state index in [9.17, 15) is 29.4 Å². The average Bonchev–Trinajstić information content (AvgIpc) is 3.17. The number of nitrogens with one attached hydrogen (secondary N) is 2. The normalized spacial score (nSPS) is 22.4. The van der Waals surface area contributed by atoms with Gasteiger partial charge < -0.3 is 36.6 Å². The van der Waals surface area contributed by atoms with E-state index in [0.29, 0.717) is 25.8 Å². The van der Waals surface area contributed by atoms with Gasteiger partial charge in [-0.05, 0) is 32.6 Å². The van der Waals surface area contributed by atoms with Crippen LogP contribution in [0.25, 0.3) is 0 Å². The molecule has 0 aromatic rings. The summed E-state index contributed by atoms with van der Waals surface area (Å²) in [5.41, 5.74) is 6.02. The fourth-order valence-electron chi connectivity index (χ4n) is 3.28. The topological polar surface area (TPSA) is 182 Å². The molecule has 0 aromatic heterocycles. The number of carboxylic acid groups (broad SMARTS) is 1. The van der Waals surface area contributed by atoms with Gasteiger partial charge in [0.15, 0.2) is 6.04 Å². The van der Waals surface area contributed by atoms with Crippen LogP contribution in [0.2, 0.25) is 0 Å². The van der Waals surface area contributed by atoms with Gasteiger partial charge in [-0.25, -0.2) is 4.79 Å². The van der Waals surface area contributed by atoms with Crippen molar-refractivity contribution in [3.8, 4) is 0 Å². The number of aliphatic carboxylic acids is 1. The van der Waals surface area contributed by atoms with Crippen LogP contribution in [0, 0.1) is 5.92 Å². The predicted molar refractivity (Wildman–Crippen MR) is 107 cm³/mol. The molecule has 172 valence electrons. The van der Waals surface area contributed by atoms with Gasteiger partial charge in [0.1, 0.15) is 12.1 Å². The van der Waals surface area contributed by atoms with Crippen molar-refractivity contribution in [2.75, 3.05) is 6.54 Å². The summed E-state index contributed by atoms with van der Waals surface area (Å²) in [4.78, 5) is 50.5. The molecule has 1 fully saturated rings. The summed E-state index contributed by atoms with van der Waals surface area (Å²) in [6.07, 6.45) is -1.06. The Morgan fingerprint density at radius 3 is 2.10 bits per heavy atom. The number of likely N-dealkylation sites (tertiary alicyclic amines) is 1. The molecule has 11 heteroatoms. The smallest absolute Gasteiger partial charge is 0.328 e. The van der Waals surface area contributed by atoms with Crippen LogP contribution in [0.3, 0.4) is 0 Å². The van der Waals surface area contributed by atoms with Crippen LogP contribution in [-0.4, -0.2) is 86.8 Å². The summed E-state index contributed by atoms with van der Waals surface area (Å²) in [6, 6.07) is -4.65. The van der Waals surface area contributed by atoms with Gasteiger partial charge in [-0.15, -0.1) is 0 Å². The molecule has 30 heavy (non-hydrogen) atoms. The van der Waals surface area contributed by atoms with Crippen molar-refractivity contribution in [2.24, 2.45) is 11.7 Å². The molecular formula is C19H34N4O7. The lowest BCUT2D eigenvalue weighted by Gasteiger charge is -2.30. The Morgan fingerprint density at radius 1 is 1.07 bits per heavy atom. The van der Waals surface area contributed by atoms with Gasteiger partial charge >= 0.3 is 5.97 Å². The number of amides is 3. The minimum absolute atomic E-state index is 0.0637. The summed E-state index contributed by atoms with van der Waals surface area (Å²) >= 11 is 0. The molecule has 7 unspecified atom stereocenters. The number of carbonyl (C=O) groups is 4. The minimum atomic E-state index is -1.60. The molecule has 0 bridgehead atoms. The molecule has 1 rings (SSSR count). The highest BCUT2D eigenvalue weighted by Crippen LogP contribution is 2.21. The Bertz CT molecular complexity index is 640. The first-order valence-electron chi connectivity index (χ1n) is 10.2. The molecule has 0 saturated carbocycles. The van der Waals surface area contributed by atoms with E-state index >= 15 is 0 Å². The monoisotopic (exact) mass is 430 g/mol. The molecular weight excluding hydrogens is 396 g/mol. The van der Waals surface area contributed by atoms with Crippen LogP contribution >= 0.6 is 0 Å². The molecule has 0 radical (unpaired) electrons. The van der Waals surface area contributed by atoms with Crippen LogP contribution in [-0.2, 0) is 19.2 Å². The van der Waals surface area contributed by atoms with Crippen molar-refractivity contribution in [1.82, 2.24) is 15.5 Å². The predicted octanol–water partition coefficient (Wildman–Crippen LogP) is -1.83. The second-order valence-electron chi connectivity index (χ2n) is 7.89. The standard InChI is InChI=1S/C19H34N4O7/c1-5-9(2)13(20)18(28)23-8-6-7-12(23)16(26)21-14(10(3)24)17(27)22-15(11(4)25)19(29)30/h9-15,24-25H,5-8,20H2,1-4H3,(H,21,26)(H,22,27)(H,29,30). The van der Waals surface area contributed by atoms with E-state index in [1.807, 2.05) is 13.8 Å². The van der Waals surface area contributed by atoms with E-state index in [1.54, 1.807) is 0 Å². The first-order valence-corrected chi connectivity index (χ1v) is 10.2. The third-order valence-electron chi connectivity index (χ3n) is 5.49. The SMILES string of the molecule is CCC(C)C(N)C(=O)N1CCCC1C(=O)NC(C(=O)NC(C(=O)O)C(C)O)C(C)O. The number of rotatable bonds is 10. The summed E-state index contributed by atoms with van der Waals surface area (Å²) in [5, 5.41) is 33.1. The van der Waals surface area contributed by atoms with Gasteiger partial charge in [0.05, 0.1) is 18.2 Å². The van der Waals surface area contributed by atoms with E-state index in [1.165, 1.54) is 18.7 Å². The zero-order chi connectivity index (χ0) is 23.2. The number of hydrogen-bond acceptors (Lipinski definition) is 7. The zero-order valence-corrected chi connectivity index (χ0v) is 17.9. The minimum Gasteiger partial charge on any atom is -0.480 e. The molecule has 0 aliphatic carbocycles. The van der Waals surface area contributed by atoms with Gasteiger partial charge in [0.25, 0.3) is 0 Å². The van der Waals surface area contributed by atoms with Gasteiger partial charge in [-0.1, -0.05) is 20.3 Å². The molecule has 11 nitrogen and oxygen atoms in total. The maximum absolute atomic E-state index is 12.8. The lowest BCUT2D eigenvalue weighted by Crippen LogP contribution is -2.60. The maximum atomic E-state index is 12.8. The van der Waals surface area contributed by atoms with Crippen molar-refractivity contribution in [3.05, 3.63) is 0 Å². The van der Waals surface area contributed by atoms with E-state index < -0.39 is 54.2 Å². The Labute approximate surface area is 176 Å². The molecule has 7 N–H and O–H groups in total. The molecule has 1 aliphatic heterocycles. The number of carboxylic acids is 1. The highest BCUT2D eigenvalue weighted by molar-refractivity contribution is 5.94. The van der Waals surface area contributed by atoms with Crippen LogP contribution < -0.4 is 16.4 Å². The largest absolute Gasteiger partial charge is 0.480 e. The first kappa shape index (κ1) is 25.8. The molecule has 1 saturated heterocycles. The van der Waals surface area contributed by atoms with Gasteiger partial charge in [0.2, 0.25) is 17.7 Å². The van der Waals surface area contributed by atoms with Gasteiger partial charge in [-0.3, -0.25) is 14.4 Å². The Hall–Kier alpha value is -2.24. The van der Waals surface area contributed by atoms with Crippen molar-refractivity contribution in [3.63, 3.8) is 0 Å². The number of aliphatic hydroxyl groups is 2. The zero-order valence-electron chi connectivity index (χ0n) is 17.9. The van der Waals surface area contributed by atoms with Crippen LogP contribution in [0.4, 0.5) is 0 Å². The van der Waals surface area contributed by atoms with Gasteiger partial charge in [-0.2, -0.15) is 0 Å².